The molecule has 0 aliphatic rings. The lowest BCUT2D eigenvalue weighted by atomic mass is 10.1. The third-order valence-corrected chi connectivity index (χ3v) is 4.43. The van der Waals surface area contributed by atoms with Crippen LogP contribution in [0.25, 0.3) is 0 Å². The van der Waals surface area contributed by atoms with Crippen molar-refractivity contribution >= 4 is 39.4 Å². The molecule has 7 heteroatoms. The highest BCUT2D eigenvalue weighted by molar-refractivity contribution is 9.10. The van der Waals surface area contributed by atoms with Crippen molar-refractivity contribution in [1.29, 1.82) is 0 Å². The van der Waals surface area contributed by atoms with Crippen molar-refractivity contribution in [2.75, 3.05) is 25.5 Å². The highest BCUT2D eigenvalue weighted by atomic mass is 79.9. The molecular weight excluding hydrogens is 412 g/mol. The van der Waals surface area contributed by atoms with Crippen molar-refractivity contribution in [3.63, 3.8) is 0 Å². The summed E-state index contributed by atoms with van der Waals surface area (Å²) in [6.45, 7) is 3.23. The second kappa shape index (κ2) is 9.32. The Morgan fingerprint density at radius 2 is 1.70 bits per heavy atom. The number of hydrogen-bond donors (Lipinski definition) is 1. The van der Waals surface area contributed by atoms with E-state index in [1.807, 2.05) is 32.0 Å². The van der Waals surface area contributed by atoms with Gasteiger partial charge in [0.25, 0.3) is 5.91 Å². The molecule has 0 spiro atoms. The lowest BCUT2D eigenvalue weighted by Crippen LogP contribution is -2.37. The van der Waals surface area contributed by atoms with Crippen LogP contribution >= 0.6 is 15.9 Å². The first-order valence-corrected chi connectivity index (χ1v) is 9.10. The van der Waals surface area contributed by atoms with E-state index in [0.717, 1.165) is 21.3 Å². The van der Waals surface area contributed by atoms with Gasteiger partial charge in [0.1, 0.15) is 0 Å². The first kappa shape index (κ1) is 20.6. The maximum absolute atomic E-state index is 12.2. The predicted molar refractivity (Wildman–Crippen MR) is 107 cm³/mol. The minimum absolute atomic E-state index is 0.138. The molecule has 0 unspecified atom stereocenters. The zero-order valence-corrected chi connectivity index (χ0v) is 17.0. The van der Waals surface area contributed by atoms with Crippen LogP contribution in [0, 0.1) is 13.8 Å². The number of likely N-dealkylation sites (N-methyl/N-ethyl adjacent to an activating group) is 1. The molecule has 2 amide bonds. The zero-order chi connectivity index (χ0) is 20.0. The number of esters is 1. The monoisotopic (exact) mass is 432 g/mol. The number of halogens is 1. The van der Waals surface area contributed by atoms with E-state index in [2.05, 4.69) is 21.2 Å². The molecule has 2 rings (SSSR count). The minimum Gasteiger partial charge on any atom is -0.452 e. The van der Waals surface area contributed by atoms with Gasteiger partial charge >= 0.3 is 5.97 Å². The van der Waals surface area contributed by atoms with Crippen LogP contribution in [-0.2, 0) is 14.3 Å². The van der Waals surface area contributed by atoms with E-state index in [-0.39, 0.29) is 12.5 Å². The van der Waals surface area contributed by atoms with Crippen molar-refractivity contribution in [2.24, 2.45) is 0 Å². The Balaban J connectivity index is 1.86. The molecule has 27 heavy (non-hydrogen) atoms. The van der Waals surface area contributed by atoms with Crippen molar-refractivity contribution in [1.82, 2.24) is 4.90 Å². The summed E-state index contributed by atoms with van der Waals surface area (Å²) < 4.78 is 5.76. The lowest BCUT2D eigenvalue weighted by Gasteiger charge is -2.18. The molecule has 0 aliphatic carbocycles. The number of amides is 2. The number of para-hydroxylation sites is 1. The van der Waals surface area contributed by atoms with E-state index < -0.39 is 18.5 Å². The van der Waals surface area contributed by atoms with Gasteiger partial charge in [0.2, 0.25) is 5.91 Å². The SMILES string of the molecule is Cc1cccc(C)c1NC(=O)CN(C)C(=O)COC(=O)c1cccc(Br)c1. The fourth-order valence-corrected chi connectivity index (χ4v) is 2.83. The van der Waals surface area contributed by atoms with E-state index in [4.69, 9.17) is 4.74 Å². The van der Waals surface area contributed by atoms with Gasteiger partial charge in [-0.2, -0.15) is 0 Å². The molecule has 0 saturated carbocycles. The summed E-state index contributed by atoms with van der Waals surface area (Å²) in [6, 6.07) is 12.4. The van der Waals surface area contributed by atoms with Crippen LogP contribution in [0.15, 0.2) is 46.9 Å². The molecule has 1 N–H and O–H groups in total. The van der Waals surface area contributed by atoms with Crippen LogP contribution < -0.4 is 5.32 Å². The number of carbonyl (C=O) groups is 3. The van der Waals surface area contributed by atoms with Gasteiger partial charge in [-0.25, -0.2) is 4.79 Å². The molecule has 0 saturated heterocycles. The van der Waals surface area contributed by atoms with Gasteiger partial charge in [-0.15, -0.1) is 0 Å². The van der Waals surface area contributed by atoms with Crippen molar-refractivity contribution in [3.8, 4) is 0 Å². The Kier molecular flexibility index (Phi) is 7.12. The summed E-state index contributed by atoms with van der Waals surface area (Å²) in [4.78, 5) is 37.5. The highest BCUT2D eigenvalue weighted by Gasteiger charge is 2.17. The van der Waals surface area contributed by atoms with Crippen molar-refractivity contribution in [3.05, 3.63) is 63.6 Å². The van der Waals surface area contributed by atoms with E-state index >= 15 is 0 Å². The molecule has 0 radical (unpaired) electrons. The first-order valence-electron chi connectivity index (χ1n) is 8.30. The fraction of sp³-hybridized carbons (Fsp3) is 0.250. The minimum atomic E-state index is -0.599. The molecule has 0 fully saturated rings. The number of aryl methyl sites for hydroxylation is 2. The summed E-state index contributed by atoms with van der Waals surface area (Å²) in [7, 11) is 1.49. The van der Waals surface area contributed by atoms with Crippen molar-refractivity contribution < 1.29 is 19.1 Å². The Labute approximate surface area is 166 Å². The molecule has 2 aromatic rings. The largest absolute Gasteiger partial charge is 0.452 e. The number of benzene rings is 2. The average Bonchev–Trinajstić information content (AvgIpc) is 2.62. The summed E-state index contributed by atoms with van der Waals surface area (Å²) in [5.74, 6) is -1.38. The van der Waals surface area contributed by atoms with Crippen LogP contribution in [0.2, 0.25) is 0 Å². The smallest absolute Gasteiger partial charge is 0.338 e. The Morgan fingerprint density at radius 1 is 1.07 bits per heavy atom. The molecule has 6 nitrogen and oxygen atoms in total. The summed E-state index contributed by atoms with van der Waals surface area (Å²) in [5.41, 5.74) is 2.97. The van der Waals surface area contributed by atoms with Crippen LogP contribution in [0.5, 0.6) is 0 Å². The van der Waals surface area contributed by atoms with Gasteiger partial charge in [0.15, 0.2) is 6.61 Å². The molecule has 0 atom stereocenters. The Morgan fingerprint density at radius 3 is 2.33 bits per heavy atom. The van der Waals surface area contributed by atoms with Crippen LogP contribution in [0.4, 0.5) is 5.69 Å². The molecular formula is C20H21BrN2O4. The third-order valence-electron chi connectivity index (χ3n) is 3.94. The van der Waals surface area contributed by atoms with Gasteiger partial charge in [0, 0.05) is 17.2 Å². The lowest BCUT2D eigenvalue weighted by molar-refractivity contribution is -0.136. The zero-order valence-electron chi connectivity index (χ0n) is 15.4. The van der Waals surface area contributed by atoms with E-state index in [1.165, 1.54) is 11.9 Å². The standard InChI is InChI=1S/C20H21BrN2O4/c1-13-6-4-7-14(2)19(13)22-17(24)11-23(3)18(25)12-27-20(26)15-8-5-9-16(21)10-15/h4-10H,11-12H2,1-3H3,(H,22,24). The number of anilines is 1. The number of nitrogens with zero attached hydrogens (tertiary/aromatic N) is 1. The fourth-order valence-electron chi connectivity index (χ4n) is 2.43. The second-order valence-corrected chi connectivity index (χ2v) is 7.07. The summed E-state index contributed by atoms with van der Waals surface area (Å²) in [5, 5.41) is 2.82. The number of carbonyl (C=O) groups excluding carboxylic acids is 3. The van der Waals surface area contributed by atoms with E-state index in [9.17, 15) is 14.4 Å². The predicted octanol–water partition coefficient (Wildman–Crippen LogP) is 3.32. The quantitative estimate of drug-likeness (QED) is 0.710. The molecule has 142 valence electrons. The third kappa shape index (κ3) is 5.92. The van der Waals surface area contributed by atoms with E-state index in [0.29, 0.717) is 5.56 Å². The molecule has 0 heterocycles. The van der Waals surface area contributed by atoms with Crippen LogP contribution in [0.3, 0.4) is 0 Å². The molecule has 0 bridgehead atoms. The highest BCUT2D eigenvalue weighted by Crippen LogP contribution is 2.19. The Bertz CT molecular complexity index is 847. The van der Waals surface area contributed by atoms with Crippen LogP contribution in [-0.4, -0.2) is 42.9 Å². The topological polar surface area (TPSA) is 75.7 Å². The van der Waals surface area contributed by atoms with Gasteiger partial charge in [0.05, 0.1) is 12.1 Å². The summed E-state index contributed by atoms with van der Waals surface area (Å²) >= 11 is 3.27. The van der Waals surface area contributed by atoms with Gasteiger partial charge in [-0.3, -0.25) is 9.59 Å². The van der Waals surface area contributed by atoms with Crippen molar-refractivity contribution in [2.45, 2.75) is 13.8 Å². The molecule has 2 aromatic carbocycles. The average molecular weight is 433 g/mol. The number of ether oxygens (including phenoxy) is 1. The normalized spacial score (nSPS) is 10.2. The maximum Gasteiger partial charge on any atom is 0.338 e. The van der Waals surface area contributed by atoms with Gasteiger partial charge in [-0.05, 0) is 43.2 Å². The molecule has 0 aliphatic heterocycles. The summed E-state index contributed by atoms with van der Waals surface area (Å²) in [6.07, 6.45) is 0. The van der Waals surface area contributed by atoms with E-state index in [1.54, 1.807) is 24.3 Å². The Hall–Kier alpha value is -2.67. The number of nitrogens with one attached hydrogen (secondary N) is 1. The van der Waals surface area contributed by atoms with Gasteiger partial charge in [-0.1, -0.05) is 40.2 Å². The maximum atomic E-state index is 12.2. The number of hydrogen-bond acceptors (Lipinski definition) is 4. The van der Waals surface area contributed by atoms with Gasteiger partial charge < -0.3 is 15.0 Å². The second-order valence-electron chi connectivity index (χ2n) is 6.15. The molecule has 0 aromatic heterocycles. The number of rotatable bonds is 6. The first-order chi connectivity index (χ1) is 12.8. The van der Waals surface area contributed by atoms with Crippen LogP contribution in [0.1, 0.15) is 21.5 Å².